The lowest BCUT2D eigenvalue weighted by atomic mass is 10.2. The first-order chi connectivity index (χ1) is 6.50. The summed E-state index contributed by atoms with van der Waals surface area (Å²) in [6, 6.07) is 3.12. The van der Waals surface area contributed by atoms with Crippen LogP contribution >= 0.6 is 23.2 Å². The molecule has 0 aromatic heterocycles. The second-order valence-corrected chi connectivity index (χ2v) is 3.54. The number of aliphatic carboxylic acids is 1. The SMILES string of the molecule is Cc1cc(Cl)cc(Cl)c1OCC(=O)[O-]. The summed E-state index contributed by atoms with van der Waals surface area (Å²) in [5, 5.41) is 10.9. The van der Waals surface area contributed by atoms with Crippen LogP contribution in [0.1, 0.15) is 5.56 Å². The number of rotatable bonds is 3. The third-order valence-electron chi connectivity index (χ3n) is 1.53. The average molecular weight is 234 g/mol. The molecular formula is C9H7Cl2O3-. The van der Waals surface area contributed by atoms with Crippen molar-refractivity contribution in [3.63, 3.8) is 0 Å². The molecule has 0 aliphatic rings. The van der Waals surface area contributed by atoms with E-state index in [0.29, 0.717) is 16.3 Å². The maximum atomic E-state index is 10.2. The molecule has 14 heavy (non-hydrogen) atoms. The van der Waals surface area contributed by atoms with Crippen molar-refractivity contribution < 1.29 is 14.6 Å². The van der Waals surface area contributed by atoms with Crippen molar-refractivity contribution in [3.8, 4) is 5.75 Å². The first-order valence-electron chi connectivity index (χ1n) is 3.79. The Bertz CT molecular complexity index is 340. The predicted octanol–water partition coefficient (Wildman–Crippen LogP) is 1.43. The number of carbonyl (C=O) groups is 1. The lowest BCUT2D eigenvalue weighted by Gasteiger charge is -2.11. The standard InChI is InChI=1S/C9H8Cl2O3/c1-5-2-6(10)3-7(11)9(5)14-4-8(12)13/h2-3H,4H2,1H3,(H,12,13)/p-1. The first kappa shape index (κ1) is 11.1. The first-order valence-corrected chi connectivity index (χ1v) is 4.54. The molecular weight excluding hydrogens is 227 g/mol. The maximum absolute atomic E-state index is 10.2. The summed E-state index contributed by atoms with van der Waals surface area (Å²) in [6.45, 7) is 1.20. The summed E-state index contributed by atoms with van der Waals surface area (Å²) < 4.78 is 4.93. The van der Waals surface area contributed by atoms with Gasteiger partial charge in [-0.3, -0.25) is 0 Å². The fraction of sp³-hybridized carbons (Fsp3) is 0.222. The van der Waals surface area contributed by atoms with Crippen molar-refractivity contribution in [1.82, 2.24) is 0 Å². The van der Waals surface area contributed by atoms with Crippen molar-refractivity contribution in [2.24, 2.45) is 0 Å². The molecule has 0 saturated heterocycles. The van der Waals surface area contributed by atoms with Gasteiger partial charge in [0.2, 0.25) is 0 Å². The smallest absolute Gasteiger partial charge is 0.141 e. The zero-order valence-corrected chi connectivity index (χ0v) is 8.85. The lowest BCUT2D eigenvalue weighted by molar-refractivity contribution is -0.307. The minimum atomic E-state index is -1.30. The zero-order valence-electron chi connectivity index (χ0n) is 7.34. The van der Waals surface area contributed by atoms with E-state index >= 15 is 0 Å². The Morgan fingerprint density at radius 3 is 2.64 bits per heavy atom. The average Bonchev–Trinajstić information content (AvgIpc) is 2.01. The molecule has 0 atom stereocenters. The van der Waals surface area contributed by atoms with Crippen LogP contribution in [0.3, 0.4) is 0 Å². The number of ether oxygens (including phenoxy) is 1. The predicted molar refractivity (Wildman–Crippen MR) is 51.7 cm³/mol. The lowest BCUT2D eigenvalue weighted by Crippen LogP contribution is -2.29. The number of hydrogen-bond acceptors (Lipinski definition) is 3. The van der Waals surface area contributed by atoms with E-state index in [1.54, 1.807) is 13.0 Å². The maximum Gasteiger partial charge on any atom is 0.141 e. The van der Waals surface area contributed by atoms with E-state index in [1.165, 1.54) is 6.07 Å². The van der Waals surface area contributed by atoms with E-state index in [-0.39, 0.29) is 5.02 Å². The van der Waals surface area contributed by atoms with Crippen LogP contribution in [0.25, 0.3) is 0 Å². The highest BCUT2D eigenvalue weighted by Crippen LogP contribution is 2.31. The van der Waals surface area contributed by atoms with Crippen molar-refractivity contribution in [1.29, 1.82) is 0 Å². The van der Waals surface area contributed by atoms with E-state index in [0.717, 1.165) is 0 Å². The molecule has 0 heterocycles. The monoisotopic (exact) mass is 233 g/mol. The number of halogens is 2. The highest BCUT2D eigenvalue weighted by molar-refractivity contribution is 6.35. The van der Waals surface area contributed by atoms with Gasteiger partial charge in [0.1, 0.15) is 12.4 Å². The summed E-state index contributed by atoms with van der Waals surface area (Å²) >= 11 is 11.5. The molecule has 0 amide bonds. The molecule has 1 aromatic carbocycles. The number of benzene rings is 1. The number of aryl methyl sites for hydroxylation is 1. The van der Waals surface area contributed by atoms with Crippen molar-refractivity contribution >= 4 is 29.2 Å². The van der Waals surface area contributed by atoms with Crippen LogP contribution in [0.15, 0.2) is 12.1 Å². The van der Waals surface area contributed by atoms with E-state index in [1.807, 2.05) is 0 Å². The Morgan fingerprint density at radius 2 is 2.14 bits per heavy atom. The van der Waals surface area contributed by atoms with Crippen molar-refractivity contribution in [3.05, 3.63) is 27.7 Å². The summed E-state index contributed by atoms with van der Waals surface area (Å²) in [5.41, 5.74) is 0.684. The van der Waals surface area contributed by atoms with E-state index in [9.17, 15) is 9.90 Å². The number of carbonyl (C=O) groups excluding carboxylic acids is 1. The molecule has 1 aromatic rings. The topological polar surface area (TPSA) is 49.4 Å². The molecule has 0 bridgehead atoms. The Balaban J connectivity index is 2.91. The fourth-order valence-electron chi connectivity index (χ4n) is 1.00. The van der Waals surface area contributed by atoms with Crippen LogP contribution in [-0.4, -0.2) is 12.6 Å². The molecule has 0 aliphatic heterocycles. The minimum absolute atomic E-state index is 0.288. The van der Waals surface area contributed by atoms with Gasteiger partial charge in [-0.1, -0.05) is 23.2 Å². The Hall–Kier alpha value is -0.930. The Kier molecular flexibility index (Phi) is 3.61. The van der Waals surface area contributed by atoms with Crippen LogP contribution in [0.4, 0.5) is 0 Å². The summed E-state index contributed by atoms with van der Waals surface area (Å²) in [4.78, 5) is 10.2. The van der Waals surface area contributed by atoms with Gasteiger partial charge in [-0.2, -0.15) is 0 Å². The van der Waals surface area contributed by atoms with Gasteiger partial charge in [-0.05, 0) is 24.6 Å². The van der Waals surface area contributed by atoms with Gasteiger partial charge in [-0.15, -0.1) is 0 Å². The molecule has 0 unspecified atom stereocenters. The van der Waals surface area contributed by atoms with E-state index in [2.05, 4.69) is 0 Å². The number of carboxylic acid groups (broad SMARTS) is 1. The molecule has 1 rings (SSSR count). The molecule has 0 saturated carbocycles. The van der Waals surface area contributed by atoms with Gasteiger partial charge in [-0.25, -0.2) is 0 Å². The largest absolute Gasteiger partial charge is 0.546 e. The zero-order chi connectivity index (χ0) is 10.7. The normalized spacial score (nSPS) is 9.93. The third-order valence-corrected chi connectivity index (χ3v) is 2.03. The fourth-order valence-corrected chi connectivity index (χ4v) is 1.65. The number of hydrogen-bond donors (Lipinski definition) is 0. The quantitative estimate of drug-likeness (QED) is 0.794. The van der Waals surface area contributed by atoms with Crippen LogP contribution in [0, 0.1) is 6.92 Å². The van der Waals surface area contributed by atoms with Crippen molar-refractivity contribution in [2.75, 3.05) is 6.61 Å². The van der Waals surface area contributed by atoms with Gasteiger partial charge in [0.25, 0.3) is 0 Å². The number of carboxylic acids is 1. The second kappa shape index (κ2) is 4.53. The summed E-state index contributed by atoms with van der Waals surface area (Å²) in [7, 11) is 0. The molecule has 0 aliphatic carbocycles. The molecule has 3 nitrogen and oxygen atoms in total. The van der Waals surface area contributed by atoms with E-state index < -0.39 is 12.6 Å². The summed E-state index contributed by atoms with van der Waals surface area (Å²) in [5.74, 6) is -0.976. The summed E-state index contributed by atoms with van der Waals surface area (Å²) in [6.07, 6.45) is 0. The highest BCUT2D eigenvalue weighted by atomic mass is 35.5. The van der Waals surface area contributed by atoms with Crippen molar-refractivity contribution in [2.45, 2.75) is 6.92 Å². The highest BCUT2D eigenvalue weighted by Gasteiger charge is 2.06. The molecule has 0 radical (unpaired) electrons. The van der Waals surface area contributed by atoms with Crippen LogP contribution in [0.2, 0.25) is 10.0 Å². The third kappa shape index (κ3) is 2.79. The molecule has 5 heteroatoms. The second-order valence-electron chi connectivity index (χ2n) is 2.69. The Morgan fingerprint density at radius 1 is 1.50 bits per heavy atom. The van der Waals surface area contributed by atoms with Crippen LogP contribution in [-0.2, 0) is 4.79 Å². The van der Waals surface area contributed by atoms with Gasteiger partial charge < -0.3 is 14.6 Å². The van der Waals surface area contributed by atoms with Gasteiger partial charge >= 0.3 is 0 Å². The molecule has 0 N–H and O–H groups in total. The van der Waals surface area contributed by atoms with E-state index in [4.69, 9.17) is 27.9 Å². The van der Waals surface area contributed by atoms with Crippen LogP contribution < -0.4 is 9.84 Å². The van der Waals surface area contributed by atoms with Gasteiger partial charge in [0.05, 0.1) is 11.0 Å². The minimum Gasteiger partial charge on any atom is -0.546 e. The van der Waals surface area contributed by atoms with Crippen LogP contribution in [0.5, 0.6) is 5.75 Å². The molecule has 76 valence electrons. The van der Waals surface area contributed by atoms with Gasteiger partial charge in [0.15, 0.2) is 0 Å². The van der Waals surface area contributed by atoms with Gasteiger partial charge in [0, 0.05) is 5.02 Å². The molecule has 0 spiro atoms. The Labute approximate surface area is 91.2 Å². The molecule has 0 fully saturated rings.